The highest BCUT2D eigenvalue weighted by Gasteiger charge is 2.28. The zero-order chi connectivity index (χ0) is 15.2. The largest absolute Gasteiger partial charge is 0.459 e. The first kappa shape index (κ1) is 15.9. The molecule has 0 spiro atoms. The van der Waals surface area contributed by atoms with Gasteiger partial charge in [0.05, 0.1) is 5.92 Å². The molecular formula is C17H22F2O2. The molecule has 1 fully saturated rings. The van der Waals surface area contributed by atoms with Crippen LogP contribution < -0.4 is 0 Å². The van der Waals surface area contributed by atoms with Crippen molar-refractivity contribution >= 4 is 5.97 Å². The number of alkyl halides is 2. The van der Waals surface area contributed by atoms with E-state index in [1.54, 1.807) is 0 Å². The van der Waals surface area contributed by atoms with Crippen LogP contribution in [-0.4, -0.2) is 19.0 Å². The maximum atomic E-state index is 12.0. The molecule has 116 valence electrons. The standard InChI is InChI=1S/C17H22F2O2/c1-2-12-3-5-13(6-4-12)14-7-9-15(10-8-14)17(20)21-11-16(18)19/h3-6,14-16H,2,7-11H2,1H3. The van der Waals surface area contributed by atoms with Crippen LogP contribution in [0.2, 0.25) is 0 Å². The molecule has 0 aliphatic heterocycles. The van der Waals surface area contributed by atoms with Crippen LogP contribution in [0.25, 0.3) is 0 Å². The topological polar surface area (TPSA) is 26.3 Å². The summed E-state index contributed by atoms with van der Waals surface area (Å²) in [4.78, 5) is 11.7. The fraction of sp³-hybridized carbons (Fsp3) is 0.588. The maximum absolute atomic E-state index is 12.0. The lowest BCUT2D eigenvalue weighted by Crippen LogP contribution is -2.24. The zero-order valence-corrected chi connectivity index (χ0v) is 12.4. The van der Waals surface area contributed by atoms with E-state index in [1.165, 1.54) is 11.1 Å². The summed E-state index contributed by atoms with van der Waals surface area (Å²) in [5.74, 6) is -0.208. The lowest BCUT2D eigenvalue weighted by Gasteiger charge is -2.27. The molecule has 0 unspecified atom stereocenters. The molecule has 1 aliphatic carbocycles. The van der Waals surface area contributed by atoms with Crippen molar-refractivity contribution in [2.75, 3.05) is 6.61 Å². The maximum Gasteiger partial charge on any atom is 0.309 e. The van der Waals surface area contributed by atoms with Crippen molar-refractivity contribution in [1.29, 1.82) is 0 Å². The minimum absolute atomic E-state index is 0.213. The van der Waals surface area contributed by atoms with Gasteiger partial charge in [0.25, 0.3) is 6.43 Å². The lowest BCUT2D eigenvalue weighted by molar-refractivity contribution is -0.153. The third kappa shape index (κ3) is 4.51. The van der Waals surface area contributed by atoms with Crippen molar-refractivity contribution in [1.82, 2.24) is 0 Å². The van der Waals surface area contributed by atoms with E-state index >= 15 is 0 Å². The first-order chi connectivity index (χ1) is 10.1. The van der Waals surface area contributed by atoms with Gasteiger partial charge >= 0.3 is 5.97 Å². The quantitative estimate of drug-likeness (QED) is 0.756. The lowest BCUT2D eigenvalue weighted by atomic mass is 9.78. The first-order valence-electron chi connectivity index (χ1n) is 7.63. The van der Waals surface area contributed by atoms with E-state index in [4.69, 9.17) is 0 Å². The van der Waals surface area contributed by atoms with Crippen molar-refractivity contribution < 1.29 is 18.3 Å². The van der Waals surface area contributed by atoms with Gasteiger partial charge in [-0.3, -0.25) is 4.79 Å². The molecule has 0 amide bonds. The molecule has 2 nitrogen and oxygen atoms in total. The van der Waals surface area contributed by atoms with Crippen molar-refractivity contribution in [2.24, 2.45) is 5.92 Å². The van der Waals surface area contributed by atoms with Gasteiger partial charge < -0.3 is 4.74 Å². The second kappa shape index (κ2) is 7.53. The fourth-order valence-corrected chi connectivity index (χ4v) is 2.95. The molecule has 0 N–H and O–H groups in total. The average molecular weight is 296 g/mol. The van der Waals surface area contributed by atoms with Crippen molar-refractivity contribution in [3.8, 4) is 0 Å². The molecule has 1 aromatic rings. The summed E-state index contributed by atoms with van der Waals surface area (Å²) in [6.07, 6.45) is 1.73. The Kier molecular flexibility index (Phi) is 5.71. The van der Waals surface area contributed by atoms with Gasteiger partial charge in [-0.2, -0.15) is 0 Å². The summed E-state index contributed by atoms with van der Waals surface area (Å²) in [6, 6.07) is 8.63. The highest BCUT2D eigenvalue weighted by Crippen LogP contribution is 2.36. The van der Waals surface area contributed by atoms with E-state index < -0.39 is 19.0 Å². The monoisotopic (exact) mass is 296 g/mol. The summed E-state index contributed by atoms with van der Waals surface area (Å²) in [6.45, 7) is 1.35. The number of carbonyl (C=O) groups is 1. The molecule has 21 heavy (non-hydrogen) atoms. The average Bonchev–Trinajstić information content (AvgIpc) is 2.53. The van der Waals surface area contributed by atoms with E-state index in [2.05, 4.69) is 35.9 Å². The molecule has 0 aromatic heterocycles. The highest BCUT2D eigenvalue weighted by molar-refractivity contribution is 5.72. The van der Waals surface area contributed by atoms with E-state index in [0.29, 0.717) is 5.92 Å². The van der Waals surface area contributed by atoms with Crippen molar-refractivity contribution in [3.63, 3.8) is 0 Å². The van der Waals surface area contributed by atoms with Crippen LogP contribution in [-0.2, 0) is 16.0 Å². The number of ether oxygens (including phenoxy) is 1. The molecule has 0 saturated heterocycles. The van der Waals surface area contributed by atoms with Crippen LogP contribution in [0.3, 0.4) is 0 Å². The Hall–Kier alpha value is -1.45. The highest BCUT2D eigenvalue weighted by atomic mass is 19.3. The number of esters is 1. The first-order valence-corrected chi connectivity index (χ1v) is 7.63. The summed E-state index contributed by atoms with van der Waals surface area (Å²) in [7, 11) is 0. The van der Waals surface area contributed by atoms with E-state index in [9.17, 15) is 13.6 Å². The molecular weight excluding hydrogens is 274 g/mol. The Morgan fingerprint density at radius 3 is 2.33 bits per heavy atom. The third-order valence-corrected chi connectivity index (χ3v) is 4.27. The number of rotatable bonds is 5. The summed E-state index contributed by atoms with van der Waals surface area (Å²) < 4.78 is 28.7. The van der Waals surface area contributed by atoms with Crippen LogP contribution in [0, 0.1) is 5.92 Å². The molecule has 1 aromatic carbocycles. The SMILES string of the molecule is CCc1ccc(C2CCC(C(=O)OCC(F)F)CC2)cc1. The van der Waals surface area contributed by atoms with Crippen LogP contribution >= 0.6 is 0 Å². The molecule has 0 heterocycles. The predicted octanol–water partition coefficient (Wildman–Crippen LogP) is 4.33. The van der Waals surface area contributed by atoms with Gasteiger partial charge in [-0.1, -0.05) is 31.2 Å². The van der Waals surface area contributed by atoms with Crippen molar-refractivity contribution in [2.45, 2.75) is 51.4 Å². The smallest absolute Gasteiger partial charge is 0.309 e. The third-order valence-electron chi connectivity index (χ3n) is 4.27. The van der Waals surface area contributed by atoms with Crippen LogP contribution in [0.15, 0.2) is 24.3 Å². The molecule has 0 radical (unpaired) electrons. The van der Waals surface area contributed by atoms with E-state index in [0.717, 1.165) is 32.1 Å². The molecule has 1 aliphatic rings. The van der Waals surface area contributed by atoms with Gasteiger partial charge in [0.15, 0.2) is 6.61 Å². The number of halogens is 2. The van der Waals surface area contributed by atoms with E-state index in [1.807, 2.05) is 0 Å². The minimum Gasteiger partial charge on any atom is -0.459 e. The Morgan fingerprint density at radius 2 is 1.81 bits per heavy atom. The number of benzene rings is 1. The van der Waals surface area contributed by atoms with Crippen LogP contribution in [0.5, 0.6) is 0 Å². The fourth-order valence-electron chi connectivity index (χ4n) is 2.95. The van der Waals surface area contributed by atoms with Gasteiger partial charge in [-0.25, -0.2) is 8.78 Å². The molecule has 0 atom stereocenters. The molecule has 0 bridgehead atoms. The number of aryl methyl sites for hydroxylation is 1. The summed E-state index contributed by atoms with van der Waals surface area (Å²) >= 11 is 0. The minimum atomic E-state index is -2.58. The second-order valence-corrected chi connectivity index (χ2v) is 5.66. The normalized spacial score (nSPS) is 22.3. The molecule has 1 saturated carbocycles. The predicted molar refractivity (Wildman–Crippen MR) is 77.5 cm³/mol. The zero-order valence-electron chi connectivity index (χ0n) is 12.4. The Balaban J connectivity index is 1.83. The van der Waals surface area contributed by atoms with Crippen LogP contribution in [0.4, 0.5) is 8.78 Å². The number of hydrogen-bond donors (Lipinski definition) is 0. The Bertz CT molecular complexity index is 448. The number of hydrogen-bond acceptors (Lipinski definition) is 2. The Labute approximate surface area is 124 Å². The van der Waals surface area contributed by atoms with Gasteiger partial charge in [0.1, 0.15) is 0 Å². The summed E-state index contributed by atoms with van der Waals surface area (Å²) in [5.41, 5.74) is 2.63. The molecule has 2 rings (SSSR count). The van der Waals surface area contributed by atoms with E-state index in [-0.39, 0.29) is 5.92 Å². The van der Waals surface area contributed by atoms with Gasteiger partial charge in [0, 0.05) is 0 Å². The van der Waals surface area contributed by atoms with Crippen LogP contribution in [0.1, 0.15) is 49.7 Å². The second-order valence-electron chi connectivity index (χ2n) is 5.66. The molecule has 4 heteroatoms. The van der Waals surface area contributed by atoms with Crippen molar-refractivity contribution in [3.05, 3.63) is 35.4 Å². The van der Waals surface area contributed by atoms with Gasteiger partial charge in [-0.05, 0) is 49.1 Å². The Morgan fingerprint density at radius 1 is 1.19 bits per heavy atom. The summed E-state index contributed by atoms with van der Waals surface area (Å²) in [5, 5.41) is 0. The van der Waals surface area contributed by atoms with Gasteiger partial charge in [-0.15, -0.1) is 0 Å². The van der Waals surface area contributed by atoms with Gasteiger partial charge in [0.2, 0.25) is 0 Å². The number of carbonyl (C=O) groups excluding carboxylic acids is 1.